The zero-order chi connectivity index (χ0) is 15.5. The molecule has 0 saturated carbocycles. The summed E-state index contributed by atoms with van der Waals surface area (Å²) in [5.74, 6) is 1.35. The van der Waals surface area contributed by atoms with Gasteiger partial charge in [0.05, 0.1) is 13.1 Å². The number of rotatable bonds is 4. The van der Waals surface area contributed by atoms with E-state index in [0.29, 0.717) is 6.54 Å². The summed E-state index contributed by atoms with van der Waals surface area (Å²) in [6.45, 7) is 4.60. The van der Waals surface area contributed by atoms with Gasteiger partial charge in [-0.1, -0.05) is 23.8 Å². The molecule has 22 heavy (non-hydrogen) atoms. The molecule has 0 fully saturated rings. The second-order valence-corrected chi connectivity index (χ2v) is 5.66. The van der Waals surface area contributed by atoms with Crippen molar-refractivity contribution in [3.05, 3.63) is 54.1 Å². The fourth-order valence-electron chi connectivity index (χ4n) is 2.61. The molecular formula is C18H21N3O. The van der Waals surface area contributed by atoms with Crippen LogP contribution in [0.15, 0.2) is 53.5 Å². The molecule has 1 aliphatic rings. The molecule has 114 valence electrons. The zero-order valence-corrected chi connectivity index (χ0v) is 13.0. The van der Waals surface area contributed by atoms with Crippen LogP contribution in [0.5, 0.6) is 5.75 Å². The first-order valence-corrected chi connectivity index (χ1v) is 7.51. The van der Waals surface area contributed by atoms with Crippen LogP contribution < -0.4 is 4.90 Å². The number of likely N-dealkylation sites (N-methyl/N-ethyl adjacent to an activating group) is 1. The van der Waals surface area contributed by atoms with Crippen LogP contribution >= 0.6 is 0 Å². The fourth-order valence-corrected chi connectivity index (χ4v) is 2.61. The zero-order valence-electron chi connectivity index (χ0n) is 13.0. The van der Waals surface area contributed by atoms with Crippen LogP contribution in [0.25, 0.3) is 0 Å². The molecule has 0 atom stereocenters. The van der Waals surface area contributed by atoms with E-state index in [0.717, 1.165) is 30.3 Å². The van der Waals surface area contributed by atoms with Crippen LogP contribution in [0.3, 0.4) is 0 Å². The lowest BCUT2D eigenvalue weighted by Gasteiger charge is -2.27. The first-order chi connectivity index (χ1) is 10.6. The second kappa shape index (κ2) is 6.10. The number of hydrogen-bond acceptors (Lipinski definition) is 4. The molecule has 0 saturated heterocycles. The van der Waals surface area contributed by atoms with E-state index in [4.69, 9.17) is 0 Å². The number of nitrogens with zero attached hydrogens (tertiary/aromatic N) is 3. The fraction of sp³-hybridized carbons (Fsp3) is 0.278. The maximum absolute atomic E-state index is 9.80. The summed E-state index contributed by atoms with van der Waals surface area (Å²) in [5, 5.41) is 9.80. The van der Waals surface area contributed by atoms with Crippen LogP contribution in [0.2, 0.25) is 0 Å². The van der Waals surface area contributed by atoms with Gasteiger partial charge >= 0.3 is 0 Å². The van der Waals surface area contributed by atoms with Crippen molar-refractivity contribution in [3.63, 3.8) is 0 Å². The van der Waals surface area contributed by atoms with E-state index in [1.807, 2.05) is 12.1 Å². The summed E-state index contributed by atoms with van der Waals surface area (Å²) < 4.78 is 0. The van der Waals surface area contributed by atoms with Crippen molar-refractivity contribution in [2.24, 2.45) is 4.99 Å². The number of aliphatic imine (C=N–C) groups is 1. The van der Waals surface area contributed by atoms with Crippen LogP contribution in [0.4, 0.5) is 11.4 Å². The highest BCUT2D eigenvalue weighted by Crippen LogP contribution is 2.28. The van der Waals surface area contributed by atoms with E-state index < -0.39 is 0 Å². The minimum Gasteiger partial charge on any atom is -0.508 e. The Morgan fingerprint density at radius 1 is 1.14 bits per heavy atom. The van der Waals surface area contributed by atoms with Gasteiger partial charge in [-0.3, -0.25) is 4.99 Å². The molecule has 3 rings (SSSR count). The van der Waals surface area contributed by atoms with Gasteiger partial charge in [-0.25, -0.2) is 0 Å². The summed E-state index contributed by atoms with van der Waals surface area (Å²) in [6, 6.07) is 15.8. The quantitative estimate of drug-likeness (QED) is 0.941. The predicted octanol–water partition coefficient (Wildman–Crippen LogP) is 3.18. The van der Waals surface area contributed by atoms with Gasteiger partial charge in [-0.05, 0) is 31.2 Å². The Kier molecular flexibility index (Phi) is 4.00. The Hall–Kier alpha value is -2.49. The van der Waals surface area contributed by atoms with E-state index in [9.17, 15) is 5.11 Å². The average Bonchev–Trinajstić information content (AvgIpc) is 2.91. The van der Waals surface area contributed by atoms with Crippen molar-refractivity contribution in [3.8, 4) is 5.75 Å². The topological polar surface area (TPSA) is 39.1 Å². The van der Waals surface area contributed by atoms with Crippen molar-refractivity contribution in [1.82, 2.24) is 4.90 Å². The summed E-state index contributed by atoms with van der Waals surface area (Å²) in [4.78, 5) is 8.95. The third-order valence-corrected chi connectivity index (χ3v) is 3.96. The Labute approximate surface area is 131 Å². The lowest BCUT2D eigenvalue weighted by Crippen LogP contribution is -2.33. The molecule has 0 bridgehead atoms. The standard InChI is InChI=1S/C18H21N3O/c1-14-6-8-15(9-7-14)21(13-18-19-10-11-20(18)2)16-4-3-5-17(22)12-16/h3-9,12,22H,10-11,13H2,1-2H3. The van der Waals surface area contributed by atoms with Crippen molar-refractivity contribution < 1.29 is 5.11 Å². The predicted molar refractivity (Wildman–Crippen MR) is 91.2 cm³/mol. The normalized spacial score (nSPS) is 14.1. The highest BCUT2D eigenvalue weighted by Gasteiger charge is 2.18. The van der Waals surface area contributed by atoms with E-state index in [1.165, 1.54) is 5.56 Å². The molecule has 0 unspecified atom stereocenters. The molecule has 0 amide bonds. The van der Waals surface area contributed by atoms with E-state index in [2.05, 4.69) is 53.0 Å². The molecule has 0 aromatic heterocycles. The van der Waals surface area contributed by atoms with Gasteiger partial charge in [0.25, 0.3) is 0 Å². The third kappa shape index (κ3) is 3.06. The van der Waals surface area contributed by atoms with E-state index in [-0.39, 0.29) is 5.75 Å². The van der Waals surface area contributed by atoms with Gasteiger partial charge in [0.1, 0.15) is 11.6 Å². The van der Waals surface area contributed by atoms with Gasteiger partial charge in [0.2, 0.25) is 0 Å². The van der Waals surface area contributed by atoms with E-state index in [1.54, 1.807) is 12.1 Å². The summed E-state index contributed by atoms with van der Waals surface area (Å²) in [6.07, 6.45) is 0. The molecule has 0 aliphatic carbocycles. The van der Waals surface area contributed by atoms with Gasteiger partial charge in [0.15, 0.2) is 0 Å². The Morgan fingerprint density at radius 2 is 1.91 bits per heavy atom. The number of amidine groups is 1. The SMILES string of the molecule is Cc1ccc(N(CC2=NCCN2C)c2cccc(O)c2)cc1. The molecule has 0 radical (unpaired) electrons. The van der Waals surface area contributed by atoms with E-state index >= 15 is 0 Å². The molecule has 1 heterocycles. The van der Waals surface area contributed by atoms with Gasteiger partial charge in [0, 0.05) is 31.0 Å². The van der Waals surface area contributed by atoms with Gasteiger partial charge < -0.3 is 14.9 Å². The number of benzene rings is 2. The van der Waals surface area contributed by atoms with Gasteiger partial charge in [-0.15, -0.1) is 0 Å². The lowest BCUT2D eigenvalue weighted by atomic mass is 10.2. The largest absolute Gasteiger partial charge is 0.508 e. The Balaban J connectivity index is 1.96. The summed E-state index contributed by atoms with van der Waals surface area (Å²) >= 11 is 0. The van der Waals surface area contributed by atoms with Crippen molar-refractivity contribution >= 4 is 17.2 Å². The van der Waals surface area contributed by atoms with Crippen LogP contribution in [-0.2, 0) is 0 Å². The van der Waals surface area contributed by atoms with Crippen LogP contribution in [-0.4, -0.2) is 42.5 Å². The Bertz CT molecular complexity index is 679. The summed E-state index contributed by atoms with van der Waals surface area (Å²) in [5.41, 5.74) is 3.29. The van der Waals surface area contributed by atoms with Crippen molar-refractivity contribution in [1.29, 1.82) is 0 Å². The number of phenolic OH excluding ortho intramolecular Hbond substituents is 1. The highest BCUT2D eigenvalue weighted by molar-refractivity contribution is 5.90. The molecule has 1 N–H and O–H groups in total. The maximum atomic E-state index is 9.80. The number of aryl methyl sites for hydroxylation is 1. The molecule has 0 spiro atoms. The monoisotopic (exact) mass is 295 g/mol. The lowest BCUT2D eigenvalue weighted by molar-refractivity contribution is 0.475. The molecule has 4 heteroatoms. The third-order valence-electron chi connectivity index (χ3n) is 3.96. The van der Waals surface area contributed by atoms with Crippen molar-refractivity contribution in [2.45, 2.75) is 6.92 Å². The smallest absolute Gasteiger partial charge is 0.119 e. The summed E-state index contributed by atoms with van der Waals surface area (Å²) in [7, 11) is 2.07. The number of aromatic hydroxyl groups is 1. The Morgan fingerprint density at radius 3 is 2.55 bits per heavy atom. The minimum absolute atomic E-state index is 0.274. The number of hydrogen-bond donors (Lipinski definition) is 1. The first kappa shape index (κ1) is 14.4. The number of anilines is 2. The maximum Gasteiger partial charge on any atom is 0.119 e. The minimum atomic E-state index is 0.274. The first-order valence-electron chi connectivity index (χ1n) is 7.51. The average molecular weight is 295 g/mol. The van der Waals surface area contributed by atoms with Crippen LogP contribution in [0.1, 0.15) is 5.56 Å². The molecular weight excluding hydrogens is 274 g/mol. The second-order valence-electron chi connectivity index (χ2n) is 5.66. The number of phenols is 1. The van der Waals surface area contributed by atoms with Gasteiger partial charge in [-0.2, -0.15) is 0 Å². The molecule has 2 aromatic carbocycles. The highest BCUT2D eigenvalue weighted by atomic mass is 16.3. The van der Waals surface area contributed by atoms with Crippen molar-refractivity contribution in [2.75, 3.05) is 31.6 Å². The molecule has 2 aromatic rings. The molecule has 1 aliphatic heterocycles. The molecule has 4 nitrogen and oxygen atoms in total. The van der Waals surface area contributed by atoms with Crippen LogP contribution in [0, 0.1) is 6.92 Å².